The van der Waals surface area contributed by atoms with Crippen molar-refractivity contribution in [3.8, 4) is 0 Å². The summed E-state index contributed by atoms with van der Waals surface area (Å²) >= 11 is 0. The quantitative estimate of drug-likeness (QED) is 0.385. The molecule has 126 valence electrons. The normalized spacial score (nSPS) is 22.0. The number of piperidine rings is 1. The van der Waals surface area contributed by atoms with Crippen molar-refractivity contribution in [3.63, 3.8) is 0 Å². The predicted octanol–water partition coefficient (Wildman–Crippen LogP) is 3.07. The Bertz CT molecular complexity index is 294. The number of nitrogens with zero attached hydrogens (tertiary/aromatic N) is 2. The van der Waals surface area contributed by atoms with Crippen molar-refractivity contribution >= 4 is 29.9 Å². The first-order valence-electron chi connectivity index (χ1n) is 8.22. The molecule has 2 unspecified atom stereocenters. The smallest absolute Gasteiger partial charge is 0.188 e. The van der Waals surface area contributed by atoms with E-state index >= 15 is 0 Å². The van der Waals surface area contributed by atoms with Crippen LogP contribution in [0.1, 0.15) is 52.9 Å². The lowest BCUT2D eigenvalue weighted by Gasteiger charge is -2.28. The summed E-state index contributed by atoms with van der Waals surface area (Å²) in [5.74, 6) is 2.08. The van der Waals surface area contributed by atoms with Crippen molar-refractivity contribution in [3.05, 3.63) is 0 Å². The summed E-state index contributed by atoms with van der Waals surface area (Å²) in [6, 6.07) is 0.423. The molecule has 1 saturated heterocycles. The van der Waals surface area contributed by atoms with Crippen LogP contribution in [0.5, 0.6) is 0 Å². The standard InChI is InChI=1S/C16H34N4.HI/c1-13(2)7-5-8-14(3)19-16(17)18-11-15-9-6-10-20(4)12-15;/h13-15H,5-12H2,1-4H3,(H3,17,18,19);1H. The summed E-state index contributed by atoms with van der Waals surface area (Å²) in [7, 11) is 2.19. The van der Waals surface area contributed by atoms with Gasteiger partial charge in [0.15, 0.2) is 5.96 Å². The Morgan fingerprint density at radius 3 is 2.67 bits per heavy atom. The zero-order valence-corrected chi connectivity index (χ0v) is 16.6. The topological polar surface area (TPSA) is 53.6 Å². The molecule has 21 heavy (non-hydrogen) atoms. The fourth-order valence-corrected chi connectivity index (χ4v) is 2.85. The molecule has 1 aliphatic heterocycles. The highest BCUT2D eigenvalue weighted by Crippen LogP contribution is 2.15. The molecule has 1 rings (SSSR count). The number of hydrogen-bond donors (Lipinski definition) is 2. The van der Waals surface area contributed by atoms with Gasteiger partial charge in [-0.3, -0.25) is 4.99 Å². The Hall–Kier alpha value is -0.0400. The second-order valence-electron chi connectivity index (χ2n) is 6.87. The average molecular weight is 410 g/mol. The van der Waals surface area contributed by atoms with Gasteiger partial charge in [-0.05, 0) is 51.6 Å². The van der Waals surface area contributed by atoms with E-state index in [-0.39, 0.29) is 24.0 Å². The Morgan fingerprint density at radius 2 is 2.05 bits per heavy atom. The molecule has 0 radical (unpaired) electrons. The first kappa shape index (κ1) is 21.0. The Morgan fingerprint density at radius 1 is 1.33 bits per heavy atom. The molecule has 0 aromatic heterocycles. The molecular formula is C16H35IN4. The van der Waals surface area contributed by atoms with Crippen LogP contribution in [0.25, 0.3) is 0 Å². The second kappa shape index (κ2) is 11.5. The van der Waals surface area contributed by atoms with E-state index in [1.54, 1.807) is 0 Å². The highest BCUT2D eigenvalue weighted by molar-refractivity contribution is 14.0. The molecule has 1 fully saturated rings. The zero-order chi connectivity index (χ0) is 15.0. The van der Waals surface area contributed by atoms with Gasteiger partial charge in [0.1, 0.15) is 0 Å². The van der Waals surface area contributed by atoms with Crippen LogP contribution >= 0.6 is 24.0 Å². The average Bonchev–Trinajstić information content (AvgIpc) is 2.36. The van der Waals surface area contributed by atoms with Gasteiger partial charge in [-0.15, -0.1) is 24.0 Å². The molecule has 0 aromatic carbocycles. The number of aliphatic imine (C=N–C) groups is 1. The van der Waals surface area contributed by atoms with E-state index in [9.17, 15) is 0 Å². The van der Waals surface area contributed by atoms with E-state index in [1.807, 2.05) is 0 Å². The number of nitrogens with one attached hydrogen (secondary N) is 1. The maximum atomic E-state index is 5.98. The van der Waals surface area contributed by atoms with Crippen molar-refractivity contribution in [2.45, 2.75) is 58.9 Å². The van der Waals surface area contributed by atoms with Crippen molar-refractivity contribution in [2.75, 3.05) is 26.7 Å². The van der Waals surface area contributed by atoms with Gasteiger partial charge in [0.25, 0.3) is 0 Å². The zero-order valence-electron chi connectivity index (χ0n) is 14.3. The number of likely N-dealkylation sites (tertiary alicyclic amines) is 1. The third-order valence-corrected chi connectivity index (χ3v) is 4.05. The van der Waals surface area contributed by atoms with Gasteiger partial charge < -0.3 is 16.0 Å². The monoisotopic (exact) mass is 410 g/mol. The van der Waals surface area contributed by atoms with Crippen LogP contribution in [0.15, 0.2) is 4.99 Å². The van der Waals surface area contributed by atoms with Crippen LogP contribution in [0, 0.1) is 11.8 Å². The fraction of sp³-hybridized carbons (Fsp3) is 0.938. The Balaban J connectivity index is 0.00000400. The molecule has 1 aliphatic rings. The molecular weight excluding hydrogens is 375 g/mol. The van der Waals surface area contributed by atoms with Gasteiger partial charge in [0.05, 0.1) is 0 Å². The van der Waals surface area contributed by atoms with E-state index in [4.69, 9.17) is 5.73 Å². The van der Waals surface area contributed by atoms with Crippen LogP contribution in [-0.4, -0.2) is 43.6 Å². The van der Waals surface area contributed by atoms with E-state index in [2.05, 4.69) is 43.0 Å². The minimum absolute atomic E-state index is 0. The number of hydrogen-bond acceptors (Lipinski definition) is 2. The minimum Gasteiger partial charge on any atom is -0.370 e. The molecule has 0 saturated carbocycles. The second-order valence-corrected chi connectivity index (χ2v) is 6.87. The van der Waals surface area contributed by atoms with E-state index < -0.39 is 0 Å². The summed E-state index contributed by atoms with van der Waals surface area (Å²) in [6.45, 7) is 9.98. The van der Waals surface area contributed by atoms with Crippen LogP contribution in [0.3, 0.4) is 0 Å². The third kappa shape index (κ3) is 10.3. The molecule has 0 aliphatic carbocycles. The van der Waals surface area contributed by atoms with Gasteiger partial charge >= 0.3 is 0 Å². The van der Waals surface area contributed by atoms with Crippen molar-refractivity contribution in [1.82, 2.24) is 10.2 Å². The number of rotatable bonds is 7. The SMILES string of the molecule is CC(C)CCCC(C)NC(N)=NCC1CCCN(C)C1.I. The van der Waals surface area contributed by atoms with Gasteiger partial charge in [-0.1, -0.05) is 26.7 Å². The summed E-state index contributed by atoms with van der Waals surface area (Å²) in [4.78, 5) is 6.91. The molecule has 0 aromatic rings. The van der Waals surface area contributed by atoms with E-state index in [0.29, 0.717) is 17.9 Å². The molecule has 3 N–H and O–H groups in total. The number of nitrogens with two attached hydrogens (primary N) is 1. The Labute approximate surface area is 148 Å². The van der Waals surface area contributed by atoms with Crippen LogP contribution < -0.4 is 11.1 Å². The van der Waals surface area contributed by atoms with Gasteiger partial charge in [0.2, 0.25) is 0 Å². The van der Waals surface area contributed by atoms with E-state index in [0.717, 1.165) is 19.0 Å². The van der Waals surface area contributed by atoms with Crippen LogP contribution in [0.2, 0.25) is 0 Å². The van der Waals surface area contributed by atoms with Gasteiger partial charge in [0, 0.05) is 19.1 Å². The summed E-state index contributed by atoms with van der Waals surface area (Å²) in [5.41, 5.74) is 5.98. The maximum absolute atomic E-state index is 5.98. The lowest BCUT2D eigenvalue weighted by atomic mass is 9.99. The summed E-state index contributed by atoms with van der Waals surface area (Å²) in [5, 5.41) is 3.32. The summed E-state index contributed by atoms with van der Waals surface area (Å²) < 4.78 is 0. The lowest BCUT2D eigenvalue weighted by Crippen LogP contribution is -2.39. The largest absolute Gasteiger partial charge is 0.370 e. The lowest BCUT2D eigenvalue weighted by molar-refractivity contribution is 0.214. The molecule has 2 atom stereocenters. The van der Waals surface area contributed by atoms with Crippen LogP contribution in [-0.2, 0) is 0 Å². The first-order chi connectivity index (χ1) is 9.47. The molecule has 1 heterocycles. The molecule has 0 spiro atoms. The predicted molar refractivity (Wildman–Crippen MR) is 103 cm³/mol. The number of guanidine groups is 1. The fourth-order valence-electron chi connectivity index (χ4n) is 2.85. The first-order valence-corrected chi connectivity index (χ1v) is 8.22. The highest BCUT2D eigenvalue weighted by Gasteiger charge is 2.16. The number of halogens is 1. The van der Waals surface area contributed by atoms with Crippen LogP contribution in [0.4, 0.5) is 0 Å². The van der Waals surface area contributed by atoms with Gasteiger partial charge in [-0.2, -0.15) is 0 Å². The van der Waals surface area contributed by atoms with Gasteiger partial charge in [-0.25, -0.2) is 0 Å². The van der Waals surface area contributed by atoms with Crippen molar-refractivity contribution in [2.24, 2.45) is 22.6 Å². The van der Waals surface area contributed by atoms with E-state index in [1.165, 1.54) is 38.6 Å². The summed E-state index contributed by atoms with van der Waals surface area (Å²) in [6.07, 6.45) is 6.28. The highest BCUT2D eigenvalue weighted by atomic mass is 127. The minimum atomic E-state index is 0. The maximum Gasteiger partial charge on any atom is 0.188 e. The Kier molecular flexibility index (Phi) is 11.5. The third-order valence-electron chi connectivity index (χ3n) is 4.05. The van der Waals surface area contributed by atoms with Crippen molar-refractivity contribution < 1.29 is 0 Å². The van der Waals surface area contributed by atoms with Crippen molar-refractivity contribution in [1.29, 1.82) is 0 Å². The molecule has 0 bridgehead atoms. The molecule has 4 nitrogen and oxygen atoms in total. The molecule has 0 amide bonds. The molecule has 5 heteroatoms.